The van der Waals surface area contributed by atoms with Crippen LogP contribution in [-0.2, 0) is 11.3 Å². The second-order valence-electron chi connectivity index (χ2n) is 5.13. The number of likely N-dealkylation sites (tertiary alicyclic amines) is 1. The fourth-order valence-electron chi connectivity index (χ4n) is 2.52. The molecule has 5 heteroatoms. The lowest BCUT2D eigenvalue weighted by molar-refractivity contribution is -0.136. The van der Waals surface area contributed by atoms with Crippen LogP contribution in [0.25, 0.3) is 0 Å². The first-order valence-electron chi connectivity index (χ1n) is 6.95. The summed E-state index contributed by atoms with van der Waals surface area (Å²) in [4.78, 5) is 12.9. The number of hydrogen-bond donors (Lipinski definition) is 2. The summed E-state index contributed by atoms with van der Waals surface area (Å²) in [5.41, 5.74) is 1.36. The smallest absolute Gasteiger partial charge is 0.304 e. The molecule has 0 unspecified atom stereocenters. The van der Waals surface area contributed by atoms with Crippen LogP contribution < -0.4 is 5.32 Å². The van der Waals surface area contributed by atoms with Gasteiger partial charge in [-0.1, -0.05) is 30.3 Å². The minimum atomic E-state index is -0.728. The number of carbonyl (C=O) groups is 1. The summed E-state index contributed by atoms with van der Waals surface area (Å²) >= 11 is 0. The van der Waals surface area contributed by atoms with Gasteiger partial charge in [0.2, 0.25) is 0 Å². The van der Waals surface area contributed by atoms with Crippen molar-refractivity contribution in [1.29, 1.82) is 0 Å². The molecular formula is C15H23ClN2O2. The van der Waals surface area contributed by atoms with Crippen LogP contribution in [0.2, 0.25) is 0 Å². The van der Waals surface area contributed by atoms with E-state index in [1.54, 1.807) is 0 Å². The Bertz CT molecular complexity index is 392. The monoisotopic (exact) mass is 298 g/mol. The Labute approximate surface area is 126 Å². The van der Waals surface area contributed by atoms with Gasteiger partial charge in [-0.05, 0) is 31.5 Å². The number of hydrogen-bond acceptors (Lipinski definition) is 3. The molecular weight excluding hydrogens is 276 g/mol. The Balaban J connectivity index is 0.00000200. The molecule has 0 atom stereocenters. The second kappa shape index (κ2) is 8.95. The number of aliphatic carboxylic acids is 1. The molecule has 4 nitrogen and oxygen atoms in total. The summed E-state index contributed by atoms with van der Waals surface area (Å²) in [5.74, 6) is -0.728. The van der Waals surface area contributed by atoms with E-state index >= 15 is 0 Å². The molecule has 0 bridgehead atoms. The van der Waals surface area contributed by atoms with Crippen LogP contribution in [0.15, 0.2) is 30.3 Å². The van der Waals surface area contributed by atoms with Crippen molar-refractivity contribution >= 4 is 18.4 Å². The number of rotatable bonds is 6. The molecule has 0 aromatic heterocycles. The highest BCUT2D eigenvalue weighted by molar-refractivity contribution is 5.85. The van der Waals surface area contributed by atoms with E-state index < -0.39 is 5.97 Å². The lowest BCUT2D eigenvalue weighted by atomic mass is 10.0. The van der Waals surface area contributed by atoms with Crippen LogP contribution in [0, 0.1) is 0 Å². The average Bonchev–Trinajstić information content (AvgIpc) is 2.42. The van der Waals surface area contributed by atoms with Crippen LogP contribution in [0.4, 0.5) is 0 Å². The number of carboxylic acid groups (broad SMARTS) is 1. The Hall–Kier alpha value is -1.10. The predicted molar refractivity (Wildman–Crippen MR) is 82.2 cm³/mol. The number of carboxylic acids is 1. The third-order valence-corrected chi connectivity index (χ3v) is 3.61. The van der Waals surface area contributed by atoms with Gasteiger partial charge in [0.15, 0.2) is 0 Å². The van der Waals surface area contributed by atoms with Gasteiger partial charge in [-0.25, -0.2) is 0 Å². The molecule has 2 rings (SSSR count). The molecule has 1 aromatic rings. The van der Waals surface area contributed by atoms with E-state index in [2.05, 4.69) is 34.5 Å². The molecule has 1 aliphatic heterocycles. The fraction of sp³-hybridized carbons (Fsp3) is 0.533. The molecule has 0 amide bonds. The van der Waals surface area contributed by atoms with Crippen molar-refractivity contribution in [2.24, 2.45) is 0 Å². The maximum absolute atomic E-state index is 10.4. The van der Waals surface area contributed by atoms with Gasteiger partial charge in [0.25, 0.3) is 0 Å². The van der Waals surface area contributed by atoms with E-state index in [1.807, 2.05) is 6.07 Å². The van der Waals surface area contributed by atoms with Crippen LogP contribution in [0.5, 0.6) is 0 Å². The number of halogens is 1. The SMILES string of the molecule is Cl.O=C(O)CCNC1CCN(Cc2ccccc2)CC1. The molecule has 0 radical (unpaired) electrons. The van der Waals surface area contributed by atoms with Gasteiger partial charge in [0.05, 0.1) is 6.42 Å². The van der Waals surface area contributed by atoms with Gasteiger partial charge in [0.1, 0.15) is 0 Å². The van der Waals surface area contributed by atoms with E-state index in [4.69, 9.17) is 5.11 Å². The lowest BCUT2D eigenvalue weighted by Gasteiger charge is -2.32. The van der Waals surface area contributed by atoms with Gasteiger partial charge in [-0.2, -0.15) is 0 Å². The molecule has 20 heavy (non-hydrogen) atoms. The Morgan fingerprint density at radius 2 is 1.90 bits per heavy atom. The quantitative estimate of drug-likeness (QED) is 0.845. The highest BCUT2D eigenvalue weighted by Gasteiger charge is 2.18. The van der Waals surface area contributed by atoms with Crippen molar-refractivity contribution in [1.82, 2.24) is 10.2 Å². The van der Waals surface area contributed by atoms with Crippen molar-refractivity contribution < 1.29 is 9.90 Å². The van der Waals surface area contributed by atoms with E-state index in [1.165, 1.54) is 5.56 Å². The molecule has 1 fully saturated rings. The third kappa shape index (κ3) is 5.90. The van der Waals surface area contributed by atoms with E-state index in [0.717, 1.165) is 32.5 Å². The maximum atomic E-state index is 10.4. The number of nitrogens with one attached hydrogen (secondary N) is 1. The molecule has 2 N–H and O–H groups in total. The first-order chi connectivity index (χ1) is 9.24. The molecule has 0 saturated carbocycles. The second-order valence-corrected chi connectivity index (χ2v) is 5.13. The summed E-state index contributed by atoms with van der Waals surface area (Å²) in [6.07, 6.45) is 2.42. The van der Waals surface area contributed by atoms with Crippen LogP contribution in [-0.4, -0.2) is 41.7 Å². The first kappa shape index (κ1) is 17.0. The zero-order valence-electron chi connectivity index (χ0n) is 11.6. The van der Waals surface area contributed by atoms with E-state index in [0.29, 0.717) is 12.6 Å². The molecule has 0 spiro atoms. The summed E-state index contributed by atoms with van der Waals surface area (Å²) in [6, 6.07) is 11.0. The molecule has 1 aliphatic rings. The van der Waals surface area contributed by atoms with Crippen molar-refractivity contribution in [2.75, 3.05) is 19.6 Å². The van der Waals surface area contributed by atoms with E-state index in [-0.39, 0.29) is 18.8 Å². The van der Waals surface area contributed by atoms with Crippen molar-refractivity contribution in [2.45, 2.75) is 31.8 Å². The minimum Gasteiger partial charge on any atom is -0.481 e. The zero-order valence-corrected chi connectivity index (χ0v) is 12.4. The Kier molecular flexibility index (Phi) is 7.59. The Morgan fingerprint density at radius 3 is 2.50 bits per heavy atom. The van der Waals surface area contributed by atoms with Crippen LogP contribution in [0.3, 0.4) is 0 Å². The minimum absolute atomic E-state index is 0. The molecule has 1 heterocycles. The molecule has 112 valence electrons. The molecule has 1 aromatic carbocycles. The normalized spacial score (nSPS) is 16.6. The average molecular weight is 299 g/mol. The highest BCUT2D eigenvalue weighted by atomic mass is 35.5. The number of nitrogens with zero attached hydrogens (tertiary/aromatic N) is 1. The van der Waals surface area contributed by atoms with Gasteiger partial charge < -0.3 is 10.4 Å². The van der Waals surface area contributed by atoms with Crippen molar-refractivity contribution in [3.05, 3.63) is 35.9 Å². The number of benzene rings is 1. The predicted octanol–water partition coefficient (Wildman–Crippen LogP) is 2.14. The maximum Gasteiger partial charge on any atom is 0.304 e. The van der Waals surface area contributed by atoms with Crippen LogP contribution >= 0.6 is 12.4 Å². The fourth-order valence-corrected chi connectivity index (χ4v) is 2.52. The molecule has 0 aliphatic carbocycles. The summed E-state index contributed by atoms with van der Waals surface area (Å²) in [6.45, 7) is 3.76. The summed E-state index contributed by atoms with van der Waals surface area (Å²) in [5, 5.41) is 11.9. The summed E-state index contributed by atoms with van der Waals surface area (Å²) in [7, 11) is 0. The first-order valence-corrected chi connectivity index (χ1v) is 6.95. The topological polar surface area (TPSA) is 52.6 Å². The van der Waals surface area contributed by atoms with Gasteiger partial charge in [-0.15, -0.1) is 12.4 Å². The van der Waals surface area contributed by atoms with E-state index in [9.17, 15) is 4.79 Å². The zero-order chi connectivity index (χ0) is 13.5. The van der Waals surface area contributed by atoms with Gasteiger partial charge in [-0.3, -0.25) is 9.69 Å². The third-order valence-electron chi connectivity index (χ3n) is 3.61. The van der Waals surface area contributed by atoms with Crippen molar-refractivity contribution in [3.63, 3.8) is 0 Å². The summed E-state index contributed by atoms with van der Waals surface area (Å²) < 4.78 is 0. The van der Waals surface area contributed by atoms with Gasteiger partial charge >= 0.3 is 5.97 Å². The Morgan fingerprint density at radius 1 is 1.25 bits per heavy atom. The lowest BCUT2D eigenvalue weighted by Crippen LogP contribution is -2.42. The van der Waals surface area contributed by atoms with Gasteiger partial charge in [0, 0.05) is 19.1 Å². The van der Waals surface area contributed by atoms with Crippen molar-refractivity contribution in [3.8, 4) is 0 Å². The standard InChI is InChI=1S/C15H22N2O2.ClH/c18-15(19)6-9-16-14-7-10-17(11-8-14)12-13-4-2-1-3-5-13;/h1-5,14,16H,6-12H2,(H,18,19);1H. The highest BCUT2D eigenvalue weighted by Crippen LogP contribution is 2.13. The molecule has 1 saturated heterocycles. The largest absolute Gasteiger partial charge is 0.481 e. The number of piperidine rings is 1. The van der Waals surface area contributed by atoms with Crippen LogP contribution in [0.1, 0.15) is 24.8 Å².